The number of carbonyl (C=O) groups is 1. The molecule has 0 aromatic heterocycles. The molecule has 2 fully saturated rings. The SMILES string of the molecule is Cl.Cl.NC1CCN(C(=O)c2ccc(OC3CCN(CCc4ccccc4)CC3)cc2)C1. The maximum Gasteiger partial charge on any atom is 0.253 e. The second-order valence-corrected chi connectivity index (χ2v) is 8.22. The molecular formula is C24H33Cl2N3O2. The van der Waals surface area contributed by atoms with Gasteiger partial charge in [-0.15, -0.1) is 24.8 Å². The van der Waals surface area contributed by atoms with Crippen molar-refractivity contribution in [3.63, 3.8) is 0 Å². The molecule has 1 unspecified atom stereocenters. The molecule has 2 aliphatic heterocycles. The second-order valence-electron chi connectivity index (χ2n) is 8.22. The van der Waals surface area contributed by atoms with Crippen molar-refractivity contribution >= 4 is 30.7 Å². The lowest BCUT2D eigenvalue weighted by Crippen LogP contribution is -2.39. The standard InChI is InChI=1S/C24H31N3O2.2ClH/c25-21-11-17-27(18-21)24(28)20-6-8-22(9-7-20)29-23-12-15-26(16-13-23)14-10-19-4-2-1-3-5-19;;/h1-9,21,23H,10-18,25H2;2*1H. The highest BCUT2D eigenvalue weighted by Crippen LogP contribution is 2.21. The first-order chi connectivity index (χ1) is 14.2. The van der Waals surface area contributed by atoms with Crippen LogP contribution in [0.1, 0.15) is 35.2 Å². The Morgan fingerprint density at radius 2 is 1.61 bits per heavy atom. The lowest BCUT2D eigenvalue weighted by atomic mass is 10.1. The first kappa shape index (κ1) is 25.5. The second kappa shape index (κ2) is 12.3. The largest absolute Gasteiger partial charge is 0.490 e. The monoisotopic (exact) mass is 465 g/mol. The summed E-state index contributed by atoms with van der Waals surface area (Å²) < 4.78 is 6.17. The molecule has 1 amide bonds. The van der Waals surface area contributed by atoms with E-state index >= 15 is 0 Å². The van der Waals surface area contributed by atoms with Crippen LogP contribution in [0.2, 0.25) is 0 Å². The van der Waals surface area contributed by atoms with Crippen molar-refractivity contribution in [1.82, 2.24) is 9.80 Å². The number of likely N-dealkylation sites (tertiary alicyclic amines) is 2. The number of nitrogens with zero attached hydrogens (tertiary/aromatic N) is 2. The molecule has 31 heavy (non-hydrogen) atoms. The Morgan fingerprint density at radius 3 is 2.23 bits per heavy atom. The number of halogens is 2. The third kappa shape index (κ3) is 7.11. The van der Waals surface area contributed by atoms with Gasteiger partial charge in [-0.05, 0) is 55.5 Å². The quantitative estimate of drug-likeness (QED) is 0.704. The Hall–Kier alpha value is -1.79. The van der Waals surface area contributed by atoms with Gasteiger partial charge in [0.25, 0.3) is 5.91 Å². The zero-order valence-electron chi connectivity index (χ0n) is 17.8. The van der Waals surface area contributed by atoms with Crippen LogP contribution in [0, 0.1) is 0 Å². The first-order valence-electron chi connectivity index (χ1n) is 10.8. The average Bonchev–Trinajstić information content (AvgIpc) is 3.20. The van der Waals surface area contributed by atoms with Gasteiger partial charge in [0.2, 0.25) is 0 Å². The number of rotatable bonds is 6. The summed E-state index contributed by atoms with van der Waals surface area (Å²) >= 11 is 0. The van der Waals surface area contributed by atoms with Crippen molar-refractivity contribution in [3.05, 3.63) is 65.7 Å². The van der Waals surface area contributed by atoms with E-state index in [-0.39, 0.29) is 42.9 Å². The van der Waals surface area contributed by atoms with Crippen LogP contribution in [0.5, 0.6) is 5.75 Å². The van der Waals surface area contributed by atoms with Gasteiger partial charge < -0.3 is 20.3 Å². The highest BCUT2D eigenvalue weighted by Gasteiger charge is 2.25. The number of carbonyl (C=O) groups excluding carboxylic acids is 1. The Bertz CT molecular complexity index is 796. The molecule has 2 heterocycles. The molecule has 5 nitrogen and oxygen atoms in total. The lowest BCUT2D eigenvalue weighted by Gasteiger charge is -2.32. The fraction of sp³-hybridized carbons (Fsp3) is 0.458. The zero-order valence-corrected chi connectivity index (χ0v) is 19.5. The Kier molecular flexibility index (Phi) is 10.1. The summed E-state index contributed by atoms with van der Waals surface area (Å²) in [5.74, 6) is 0.915. The molecule has 0 saturated carbocycles. The van der Waals surface area contributed by atoms with Gasteiger partial charge in [-0.3, -0.25) is 4.79 Å². The van der Waals surface area contributed by atoms with Gasteiger partial charge in [0.05, 0.1) is 0 Å². The van der Waals surface area contributed by atoms with Gasteiger partial charge in [-0.2, -0.15) is 0 Å². The van der Waals surface area contributed by atoms with Crippen LogP contribution in [0.15, 0.2) is 54.6 Å². The van der Waals surface area contributed by atoms with Crippen molar-refractivity contribution < 1.29 is 9.53 Å². The molecule has 2 aromatic carbocycles. The minimum Gasteiger partial charge on any atom is -0.490 e. The predicted octanol–water partition coefficient (Wildman–Crippen LogP) is 3.79. The van der Waals surface area contributed by atoms with E-state index in [2.05, 4.69) is 35.2 Å². The summed E-state index contributed by atoms with van der Waals surface area (Å²) in [5, 5.41) is 0. The Labute approximate surface area is 197 Å². The van der Waals surface area contributed by atoms with E-state index in [0.717, 1.165) is 57.6 Å². The number of hydrogen-bond acceptors (Lipinski definition) is 4. The number of piperidine rings is 1. The summed E-state index contributed by atoms with van der Waals surface area (Å²) in [6.45, 7) is 4.65. The normalized spacial score (nSPS) is 19.4. The van der Waals surface area contributed by atoms with Crippen LogP contribution in [0.3, 0.4) is 0 Å². The highest BCUT2D eigenvalue weighted by molar-refractivity contribution is 5.94. The average molecular weight is 466 g/mol. The van der Waals surface area contributed by atoms with Gasteiger partial charge in [-0.25, -0.2) is 0 Å². The van der Waals surface area contributed by atoms with E-state index in [1.54, 1.807) is 0 Å². The summed E-state index contributed by atoms with van der Waals surface area (Å²) in [6, 6.07) is 18.4. The van der Waals surface area contributed by atoms with Crippen molar-refractivity contribution in [2.24, 2.45) is 5.73 Å². The summed E-state index contributed by atoms with van der Waals surface area (Å²) in [7, 11) is 0. The topological polar surface area (TPSA) is 58.8 Å². The van der Waals surface area contributed by atoms with Gasteiger partial charge in [0.15, 0.2) is 0 Å². The molecule has 7 heteroatoms. The molecule has 2 N–H and O–H groups in total. The van der Waals surface area contributed by atoms with Gasteiger partial charge in [0, 0.05) is 44.3 Å². The van der Waals surface area contributed by atoms with Crippen LogP contribution >= 0.6 is 24.8 Å². The number of amides is 1. The van der Waals surface area contributed by atoms with Gasteiger partial charge >= 0.3 is 0 Å². The summed E-state index contributed by atoms with van der Waals surface area (Å²) in [4.78, 5) is 16.9. The highest BCUT2D eigenvalue weighted by atomic mass is 35.5. The maximum absolute atomic E-state index is 12.5. The van der Waals surface area contributed by atoms with Crippen molar-refractivity contribution in [2.75, 3.05) is 32.7 Å². The summed E-state index contributed by atoms with van der Waals surface area (Å²) in [5.41, 5.74) is 8.02. The molecular weight excluding hydrogens is 433 g/mol. The van der Waals surface area contributed by atoms with Crippen molar-refractivity contribution in [3.8, 4) is 5.75 Å². The zero-order chi connectivity index (χ0) is 20.1. The fourth-order valence-corrected chi connectivity index (χ4v) is 4.21. The molecule has 2 saturated heterocycles. The minimum atomic E-state index is 0. The maximum atomic E-state index is 12.5. The van der Waals surface area contributed by atoms with Crippen molar-refractivity contribution in [1.29, 1.82) is 0 Å². The fourth-order valence-electron chi connectivity index (χ4n) is 4.21. The predicted molar refractivity (Wildman–Crippen MR) is 130 cm³/mol. The number of nitrogens with two attached hydrogens (primary N) is 1. The smallest absolute Gasteiger partial charge is 0.253 e. The van der Waals surface area contributed by atoms with E-state index in [9.17, 15) is 4.79 Å². The van der Waals surface area contributed by atoms with Crippen molar-refractivity contribution in [2.45, 2.75) is 37.8 Å². The summed E-state index contributed by atoms with van der Waals surface area (Å²) in [6.07, 6.45) is 4.32. The number of hydrogen-bond donors (Lipinski definition) is 1. The molecule has 1 atom stereocenters. The Morgan fingerprint density at radius 1 is 0.935 bits per heavy atom. The van der Waals surface area contributed by atoms with Crippen LogP contribution < -0.4 is 10.5 Å². The Balaban J connectivity index is 0.00000171. The minimum absolute atomic E-state index is 0. The van der Waals surface area contributed by atoms with Crippen LogP contribution in [0.25, 0.3) is 0 Å². The van der Waals surface area contributed by atoms with E-state index in [1.165, 1.54) is 5.56 Å². The first-order valence-corrected chi connectivity index (χ1v) is 10.8. The van der Waals surface area contributed by atoms with Gasteiger partial charge in [0.1, 0.15) is 11.9 Å². The van der Waals surface area contributed by atoms with E-state index in [4.69, 9.17) is 10.5 Å². The van der Waals surface area contributed by atoms with E-state index in [0.29, 0.717) is 12.1 Å². The third-order valence-corrected chi connectivity index (χ3v) is 6.01. The molecule has 2 aromatic rings. The van der Waals surface area contributed by atoms with Crippen LogP contribution in [-0.4, -0.2) is 60.6 Å². The van der Waals surface area contributed by atoms with E-state index in [1.807, 2.05) is 29.2 Å². The molecule has 0 aliphatic carbocycles. The molecule has 0 spiro atoms. The van der Waals surface area contributed by atoms with Crippen LogP contribution in [-0.2, 0) is 6.42 Å². The van der Waals surface area contributed by atoms with Crippen LogP contribution in [0.4, 0.5) is 0 Å². The third-order valence-electron chi connectivity index (χ3n) is 6.01. The lowest BCUT2D eigenvalue weighted by molar-refractivity contribution is 0.0790. The molecule has 2 aliphatic rings. The number of benzene rings is 2. The molecule has 0 radical (unpaired) electrons. The van der Waals surface area contributed by atoms with Gasteiger partial charge in [-0.1, -0.05) is 30.3 Å². The van der Waals surface area contributed by atoms with E-state index < -0.39 is 0 Å². The number of ether oxygens (including phenoxy) is 1. The molecule has 4 rings (SSSR count). The molecule has 170 valence electrons. The molecule has 0 bridgehead atoms.